The normalized spacial score (nSPS) is 16.8. The molecule has 1 heterocycles. The summed E-state index contributed by atoms with van der Waals surface area (Å²) in [5.41, 5.74) is 7.85. The molecule has 0 aromatic heterocycles. The summed E-state index contributed by atoms with van der Waals surface area (Å²) in [4.78, 5) is 13.5. The maximum atomic E-state index is 11.3. The van der Waals surface area contributed by atoms with Crippen LogP contribution in [0.15, 0.2) is 42.5 Å². The zero-order valence-electron chi connectivity index (χ0n) is 12.3. The molecule has 1 atom stereocenters. The van der Waals surface area contributed by atoms with Crippen LogP contribution in [0.2, 0.25) is 5.02 Å². The van der Waals surface area contributed by atoms with E-state index in [9.17, 15) is 4.79 Å². The first kappa shape index (κ1) is 14.7. The Bertz CT molecular complexity index is 718. The summed E-state index contributed by atoms with van der Waals surface area (Å²) in [6, 6.07) is 13.0. The van der Waals surface area contributed by atoms with Gasteiger partial charge in [-0.05, 0) is 42.8 Å². The standard InChI is InChI=1S/C17H17ClN2O2/c1-11-9-20(15-8-14(18)5-6-16(15)22-11)10-12-3-2-4-13(7-12)17(19)21/h2-8,11H,9-10H2,1H3,(H2,19,21)/t11-/m0/s1. The average molecular weight is 317 g/mol. The lowest BCUT2D eigenvalue weighted by atomic mass is 10.1. The lowest BCUT2D eigenvalue weighted by Crippen LogP contribution is -2.38. The van der Waals surface area contributed by atoms with E-state index in [-0.39, 0.29) is 6.10 Å². The molecule has 0 saturated carbocycles. The number of nitrogens with zero attached hydrogens (tertiary/aromatic N) is 1. The van der Waals surface area contributed by atoms with Gasteiger partial charge in [-0.1, -0.05) is 23.7 Å². The van der Waals surface area contributed by atoms with Gasteiger partial charge >= 0.3 is 0 Å². The molecule has 3 rings (SSSR count). The second-order valence-corrected chi connectivity index (χ2v) is 5.92. The molecule has 0 unspecified atom stereocenters. The number of halogens is 1. The van der Waals surface area contributed by atoms with Crippen molar-refractivity contribution in [1.82, 2.24) is 0 Å². The third-order valence-electron chi connectivity index (χ3n) is 3.65. The van der Waals surface area contributed by atoms with Gasteiger partial charge < -0.3 is 15.4 Å². The van der Waals surface area contributed by atoms with E-state index in [2.05, 4.69) is 4.90 Å². The van der Waals surface area contributed by atoms with Crippen molar-refractivity contribution in [2.45, 2.75) is 19.6 Å². The van der Waals surface area contributed by atoms with Gasteiger partial charge in [-0.2, -0.15) is 0 Å². The van der Waals surface area contributed by atoms with E-state index < -0.39 is 5.91 Å². The van der Waals surface area contributed by atoms with Crippen LogP contribution in [0.3, 0.4) is 0 Å². The number of fused-ring (bicyclic) bond motifs is 1. The summed E-state index contributed by atoms with van der Waals surface area (Å²) in [7, 11) is 0. The number of ether oxygens (including phenoxy) is 1. The molecule has 5 heteroatoms. The molecule has 1 aliphatic heterocycles. The number of hydrogen-bond acceptors (Lipinski definition) is 3. The molecule has 2 aromatic carbocycles. The smallest absolute Gasteiger partial charge is 0.248 e. The number of carbonyl (C=O) groups is 1. The van der Waals surface area contributed by atoms with Gasteiger partial charge in [-0.15, -0.1) is 0 Å². The highest BCUT2D eigenvalue weighted by Crippen LogP contribution is 2.36. The van der Waals surface area contributed by atoms with Crippen molar-refractivity contribution >= 4 is 23.2 Å². The predicted octanol–water partition coefficient (Wildman–Crippen LogP) is 3.23. The molecule has 0 radical (unpaired) electrons. The molecular weight excluding hydrogens is 300 g/mol. The Morgan fingerprint density at radius 2 is 2.18 bits per heavy atom. The maximum Gasteiger partial charge on any atom is 0.248 e. The molecule has 2 aromatic rings. The van der Waals surface area contributed by atoms with Gasteiger partial charge in [0, 0.05) is 17.1 Å². The molecule has 1 amide bonds. The van der Waals surface area contributed by atoms with Crippen molar-refractivity contribution in [1.29, 1.82) is 0 Å². The number of nitrogens with two attached hydrogens (primary N) is 1. The van der Waals surface area contributed by atoms with Crippen LogP contribution in [-0.4, -0.2) is 18.6 Å². The minimum absolute atomic E-state index is 0.0907. The number of benzene rings is 2. The maximum absolute atomic E-state index is 11.3. The van der Waals surface area contributed by atoms with Crippen LogP contribution in [0.1, 0.15) is 22.8 Å². The fourth-order valence-corrected chi connectivity index (χ4v) is 2.86. The van der Waals surface area contributed by atoms with E-state index in [1.165, 1.54) is 0 Å². The Balaban J connectivity index is 1.91. The molecule has 114 valence electrons. The van der Waals surface area contributed by atoms with Crippen molar-refractivity contribution in [3.05, 3.63) is 58.6 Å². The molecule has 1 aliphatic rings. The van der Waals surface area contributed by atoms with Crippen LogP contribution < -0.4 is 15.4 Å². The second kappa shape index (κ2) is 5.89. The summed E-state index contributed by atoms with van der Waals surface area (Å²) in [5, 5.41) is 0.674. The quantitative estimate of drug-likeness (QED) is 0.946. The Morgan fingerprint density at radius 3 is 2.95 bits per heavy atom. The third-order valence-corrected chi connectivity index (χ3v) is 3.89. The Morgan fingerprint density at radius 1 is 1.36 bits per heavy atom. The summed E-state index contributed by atoms with van der Waals surface area (Å²) in [5.74, 6) is 0.412. The highest BCUT2D eigenvalue weighted by molar-refractivity contribution is 6.31. The summed E-state index contributed by atoms with van der Waals surface area (Å²) < 4.78 is 5.84. The zero-order valence-corrected chi connectivity index (χ0v) is 13.0. The van der Waals surface area contributed by atoms with E-state index in [0.717, 1.165) is 23.5 Å². The van der Waals surface area contributed by atoms with Crippen molar-refractivity contribution in [2.75, 3.05) is 11.4 Å². The van der Waals surface area contributed by atoms with Crippen molar-refractivity contribution in [3.63, 3.8) is 0 Å². The molecule has 0 aliphatic carbocycles. The van der Waals surface area contributed by atoms with Gasteiger partial charge in [-0.3, -0.25) is 4.79 Å². The van der Waals surface area contributed by atoms with Gasteiger partial charge in [0.2, 0.25) is 5.91 Å². The average Bonchev–Trinajstić information content (AvgIpc) is 2.48. The highest BCUT2D eigenvalue weighted by Gasteiger charge is 2.23. The Hall–Kier alpha value is -2.20. The molecule has 4 nitrogen and oxygen atoms in total. The van der Waals surface area contributed by atoms with Crippen molar-refractivity contribution < 1.29 is 9.53 Å². The van der Waals surface area contributed by atoms with Crippen LogP contribution in [0.25, 0.3) is 0 Å². The summed E-state index contributed by atoms with van der Waals surface area (Å²) in [6.45, 7) is 3.46. The van der Waals surface area contributed by atoms with Crippen molar-refractivity contribution in [2.24, 2.45) is 5.73 Å². The first-order chi connectivity index (χ1) is 10.5. The number of anilines is 1. The SMILES string of the molecule is C[C@H]1CN(Cc2cccc(C(N)=O)c2)c2cc(Cl)ccc2O1. The molecule has 2 N–H and O–H groups in total. The van der Waals surface area contributed by atoms with Gasteiger partial charge in [-0.25, -0.2) is 0 Å². The fourth-order valence-electron chi connectivity index (χ4n) is 2.69. The monoisotopic (exact) mass is 316 g/mol. The van der Waals surface area contributed by atoms with Gasteiger partial charge in [0.15, 0.2) is 0 Å². The third kappa shape index (κ3) is 3.02. The van der Waals surface area contributed by atoms with Crippen LogP contribution in [0.5, 0.6) is 5.75 Å². The van der Waals surface area contributed by atoms with Crippen LogP contribution >= 0.6 is 11.6 Å². The predicted molar refractivity (Wildman–Crippen MR) is 87.6 cm³/mol. The molecular formula is C17H17ClN2O2. The fraction of sp³-hybridized carbons (Fsp3) is 0.235. The van der Waals surface area contributed by atoms with E-state index in [1.807, 2.05) is 43.3 Å². The second-order valence-electron chi connectivity index (χ2n) is 5.49. The first-order valence-corrected chi connectivity index (χ1v) is 7.50. The van der Waals surface area contributed by atoms with Gasteiger partial charge in [0.1, 0.15) is 11.9 Å². The molecule has 0 spiro atoms. The lowest BCUT2D eigenvalue weighted by molar-refractivity contribution is 0.1000. The van der Waals surface area contributed by atoms with Crippen molar-refractivity contribution in [3.8, 4) is 5.75 Å². The Labute approximate surface area is 134 Å². The summed E-state index contributed by atoms with van der Waals surface area (Å²) >= 11 is 6.10. The topological polar surface area (TPSA) is 55.6 Å². The Kier molecular flexibility index (Phi) is 3.94. The van der Waals surface area contributed by atoms with Gasteiger partial charge in [0.05, 0.1) is 12.2 Å². The number of primary amides is 1. The number of rotatable bonds is 3. The molecule has 0 saturated heterocycles. The van der Waals surface area contributed by atoms with E-state index in [4.69, 9.17) is 22.1 Å². The van der Waals surface area contributed by atoms with Crippen LogP contribution in [0.4, 0.5) is 5.69 Å². The van der Waals surface area contributed by atoms with Crippen LogP contribution in [0, 0.1) is 0 Å². The zero-order chi connectivity index (χ0) is 15.7. The minimum atomic E-state index is -0.416. The van der Waals surface area contributed by atoms with E-state index in [0.29, 0.717) is 17.1 Å². The molecule has 0 bridgehead atoms. The van der Waals surface area contributed by atoms with Gasteiger partial charge in [0.25, 0.3) is 0 Å². The largest absolute Gasteiger partial charge is 0.487 e. The highest BCUT2D eigenvalue weighted by atomic mass is 35.5. The first-order valence-electron chi connectivity index (χ1n) is 7.13. The van der Waals surface area contributed by atoms with E-state index in [1.54, 1.807) is 6.07 Å². The number of hydrogen-bond donors (Lipinski definition) is 1. The number of carbonyl (C=O) groups excluding carboxylic acids is 1. The minimum Gasteiger partial charge on any atom is -0.487 e. The van der Waals surface area contributed by atoms with Crippen LogP contribution in [-0.2, 0) is 6.54 Å². The number of amides is 1. The summed E-state index contributed by atoms with van der Waals surface area (Å²) in [6.07, 6.45) is 0.0907. The lowest BCUT2D eigenvalue weighted by Gasteiger charge is -2.35. The molecule has 0 fully saturated rings. The molecule has 22 heavy (non-hydrogen) atoms. The van der Waals surface area contributed by atoms with E-state index >= 15 is 0 Å².